The average molecular weight is 255 g/mol. The van der Waals surface area contributed by atoms with Crippen LogP contribution in [0.1, 0.15) is 16.7 Å². The van der Waals surface area contributed by atoms with Gasteiger partial charge >= 0.3 is 0 Å². The predicted octanol–water partition coefficient (Wildman–Crippen LogP) is 3.90. The highest BCUT2D eigenvalue weighted by molar-refractivity contribution is 9.11. The minimum absolute atomic E-state index is 0.519. The Morgan fingerprint density at radius 2 is 1.86 bits per heavy atom. The molecule has 0 aliphatic rings. The number of rotatable bonds is 3. The standard InChI is InChI=1S/C12H15BrO/c1-8-5-6-9(2)12(11(8)4)14-7-10(3)13/h5-6H,3,7H2,1-2,4H3. The Labute approximate surface area is 93.9 Å². The zero-order valence-corrected chi connectivity index (χ0v) is 10.4. The van der Waals surface area contributed by atoms with Gasteiger partial charge in [0.1, 0.15) is 12.4 Å². The van der Waals surface area contributed by atoms with Crippen LogP contribution < -0.4 is 4.74 Å². The second-order valence-corrected chi connectivity index (χ2v) is 4.58. The lowest BCUT2D eigenvalue weighted by molar-refractivity contribution is 0.355. The second-order valence-electron chi connectivity index (χ2n) is 3.46. The number of aryl methyl sites for hydroxylation is 2. The van der Waals surface area contributed by atoms with Gasteiger partial charge in [-0.05, 0) is 37.5 Å². The molecular formula is C12H15BrO. The van der Waals surface area contributed by atoms with E-state index in [1.807, 2.05) is 0 Å². The van der Waals surface area contributed by atoms with E-state index in [0.717, 1.165) is 10.2 Å². The molecule has 0 N–H and O–H groups in total. The van der Waals surface area contributed by atoms with E-state index in [2.05, 4.69) is 55.4 Å². The molecule has 0 radical (unpaired) electrons. The van der Waals surface area contributed by atoms with Crippen LogP contribution in [-0.2, 0) is 0 Å². The third-order valence-electron chi connectivity index (χ3n) is 2.25. The Kier molecular flexibility index (Phi) is 3.76. The first-order valence-corrected chi connectivity index (χ1v) is 5.34. The van der Waals surface area contributed by atoms with Crippen molar-refractivity contribution >= 4 is 15.9 Å². The summed E-state index contributed by atoms with van der Waals surface area (Å²) in [5.41, 5.74) is 3.63. The van der Waals surface area contributed by atoms with E-state index in [1.165, 1.54) is 16.7 Å². The van der Waals surface area contributed by atoms with E-state index in [0.29, 0.717) is 6.61 Å². The number of hydrogen-bond acceptors (Lipinski definition) is 1. The van der Waals surface area contributed by atoms with E-state index in [4.69, 9.17) is 4.74 Å². The molecule has 1 aromatic rings. The molecule has 0 heterocycles. The van der Waals surface area contributed by atoms with Gasteiger partial charge in [-0.25, -0.2) is 0 Å². The Hall–Kier alpha value is -0.760. The van der Waals surface area contributed by atoms with Crippen LogP contribution in [0.25, 0.3) is 0 Å². The third kappa shape index (κ3) is 2.61. The van der Waals surface area contributed by atoms with Crippen LogP contribution in [0.2, 0.25) is 0 Å². The smallest absolute Gasteiger partial charge is 0.125 e. The van der Waals surface area contributed by atoms with Crippen molar-refractivity contribution in [2.45, 2.75) is 20.8 Å². The molecule has 2 heteroatoms. The number of ether oxygens (including phenoxy) is 1. The molecule has 0 spiro atoms. The number of hydrogen-bond donors (Lipinski definition) is 0. The fourth-order valence-corrected chi connectivity index (χ4v) is 1.41. The van der Waals surface area contributed by atoms with Crippen molar-refractivity contribution in [3.05, 3.63) is 39.9 Å². The van der Waals surface area contributed by atoms with Gasteiger partial charge in [0.05, 0.1) is 0 Å². The monoisotopic (exact) mass is 254 g/mol. The highest BCUT2D eigenvalue weighted by Gasteiger charge is 2.05. The average Bonchev–Trinajstić information content (AvgIpc) is 2.11. The van der Waals surface area contributed by atoms with Crippen LogP contribution in [0.4, 0.5) is 0 Å². The maximum atomic E-state index is 5.66. The second kappa shape index (κ2) is 4.65. The van der Waals surface area contributed by atoms with E-state index < -0.39 is 0 Å². The Bertz CT molecular complexity index is 356. The van der Waals surface area contributed by atoms with Gasteiger partial charge in [-0.2, -0.15) is 0 Å². The van der Waals surface area contributed by atoms with Crippen molar-refractivity contribution < 1.29 is 4.74 Å². The van der Waals surface area contributed by atoms with Crippen LogP contribution in [0.15, 0.2) is 23.2 Å². The van der Waals surface area contributed by atoms with E-state index in [9.17, 15) is 0 Å². The lowest BCUT2D eigenvalue weighted by Crippen LogP contribution is -2.00. The van der Waals surface area contributed by atoms with Crippen molar-refractivity contribution in [1.82, 2.24) is 0 Å². The van der Waals surface area contributed by atoms with Gasteiger partial charge in [-0.1, -0.05) is 34.6 Å². The summed E-state index contributed by atoms with van der Waals surface area (Å²) < 4.78 is 6.52. The molecule has 0 unspecified atom stereocenters. The van der Waals surface area contributed by atoms with E-state index in [-0.39, 0.29) is 0 Å². The molecule has 0 aromatic heterocycles. The number of benzene rings is 1. The third-order valence-corrected chi connectivity index (χ3v) is 2.48. The molecule has 14 heavy (non-hydrogen) atoms. The zero-order chi connectivity index (χ0) is 10.7. The highest BCUT2D eigenvalue weighted by atomic mass is 79.9. The minimum atomic E-state index is 0.519. The van der Waals surface area contributed by atoms with E-state index >= 15 is 0 Å². The molecule has 0 saturated heterocycles. The SMILES string of the molecule is C=C(Br)COc1c(C)ccc(C)c1C. The molecule has 0 aliphatic carbocycles. The summed E-state index contributed by atoms with van der Waals surface area (Å²) in [6.07, 6.45) is 0. The zero-order valence-electron chi connectivity index (χ0n) is 8.86. The summed E-state index contributed by atoms with van der Waals surface area (Å²) in [5, 5.41) is 0. The summed E-state index contributed by atoms with van der Waals surface area (Å²) in [6.45, 7) is 10.5. The predicted molar refractivity (Wildman–Crippen MR) is 64.2 cm³/mol. The molecule has 0 bridgehead atoms. The van der Waals surface area contributed by atoms with Gasteiger partial charge in [0.25, 0.3) is 0 Å². The molecule has 0 atom stereocenters. The maximum Gasteiger partial charge on any atom is 0.125 e. The van der Waals surface area contributed by atoms with Gasteiger partial charge < -0.3 is 4.74 Å². The van der Waals surface area contributed by atoms with Crippen LogP contribution >= 0.6 is 15.9 Å². The molecule has 1 nitrogen and oxygen atoms in total. The lowest BCUT2D eigenvalue weighted by atomic mass is 10.1. The fraction of sp³-hybridized carbons (Fsp3) is 0.333. The summed E-state index contributed by atoms with van der Waals surface area (Å²) in [4.78, 5) is 0. The molecule has 76 valence electrons. The van der Waals surface area contributed by atoms with Gasteiger partial charge in [0.2, 0.25) is 0 Å². The van der Waals surface area contributed by atoms with E-state index in [1.54, 1.807) is 0 Å². The molecule has 0 saturated carbocycles. The molecule has 0 aliphatic heterocycles. The van der Waals surface area contributed by atoms with Crippen molar-refractivity contribution in [2.24, 2.45) is 0 Å². The molecule has 0 fully saturated rings. The largest absolute Gasteiger partial charge is 0.488 e. The first kappa shape index (κ1) is 11.3. The highest BCUT2D eigenvalue weighted by Crippen LogP contribution is 2.26. The topological polar surface area (TPSA) is 9.23 Å². The minimum Gasteiger partial charge on any atom is -0.488 e. The van der Waals surface area contributed by atoms with Crippen molar-refractivity contribution in [3.8, 4) is 5.75 Å². The van der Waals surface area contributed by atoms with Crippen LogP contribution in [0.3, 0.4) is 0 Å². The van der Waals surface area contributed by atoms with Gasteiger partial charge in [0, 0.05) is 4.48 Å². The van der Waals surface area contributed by atoms with Crippen LogP contribution in [-0.4, -0.2) is 6.61 Å². The Balaban J connectivity index is 2.95. The quantitative estimate of drug-likeness (QED) is 0.795. The molecular weight excluding hydrogens is 240 g/mol. The van der Waals surface area contributed by atoms with Gasteiger partial charge in [-0.15, -0.1) is 0 Å². The Morgan fingerprint density at radius 3 is 2.43 bits per heavy atom. The summed E-state index contributed by atoms with van der Waals surface area (Å²) in [7, 11) is 0. The molecule has 0 amide bonds. The van der Waals surface area contributed by atoms with Crippen molar-refractivity contribution in [3.63, 3.8) is 0 Å². The fourth-order valence-electron chi connectivity index (χ4n) is 1.30. The summed E-state index contributed by atoms with van der Waals surface area (Å²) in [5.74, 6) is 0.977. The van der Waals surface area contributed by atoms with Gasteiger partial charge in [0.15, 0.2) is 0 Å². The summed E-state index contributed by atoms with van der Waals surface area (Å²) >= 11 is 3.28. The van der Waals surface area contributed by atoms with Crippen molar-refractivity contribution in [2.75, 3.05) is 6.61 Å². The van der Waals surface area contributed by atoms with Crippen LogP contribution in [0, 0.1) is 20.8 Å². The molecule has 1 rings (SSSR count). The molecule has 1 aromatic carbocycles. The first-order chi connectivity index (χ1) is 6.52. The normalized spacial score (nSPS) is 10.0. The number of halogens is 1. The lowest BCUT2D eigenvalue weighted by Gasteiger charge is -2.13. The summed E-state index contributed by atoms with van der Waals surface area (Å²) in [6, 6.07) is 4.19. The van der Waals surface area contributed by atoms with Crippen LogP contribution in [0.5, 0.6) is 5.75 Å². The van der Waals surface area contributed by atoms with Crippen molar-refractivity contribution in [1.29, 1.82) is 0 Å². The van der Waals surface area contributed by atoms with Gasteiger partial charge in [-0.3, -0.25) is 0 Å². The first-order valence-electron chi connectivity index (χ1n) is 4.55. The maximum absolute atomic E-state index is 5.66. The Morgan fingerprint density at radius 1 is 1.29 bits per heavy atom.